The molecule has 6 rings (SSSR count). The zero-order chi connectivity index (χ0) is 33.2. The number of rotatable bonds is 2. The Balaban J connectivity index is 1.54. The van der Waals surface area contributed by atoms with Crippen molar-refractivity contribution in [1.82, 2.24) is 19.9 Å². The molecule has 0 saturated heterocycles. The van der Waals surface area contributed by atoms with Crippen LogP contribution >= 0.6 is 0 Å². The predicted octanol–water partition coefficient (Wildman–Crippen LogP) is 3.99. The maximum Gasteiger partial charge on any atom is 0.234 e. The normalized spacial score (nSPS) is 14.0. The highest BCUT2D eigenvalue weighted by Gasteiger charge is 2.29. The highest BCUT2D eigenvalue weighted by molar-refractivity contribution is 6.11. The number of hydrogen-bond acceptors (Lipinski definition) is 15. The lowest BCUT2D eigenvalue weighted by Crippen LogP contribution is -2.13. The molecular formula is C32H8N14O. The Morgan fingerprint density at radius 3 is 1.38 bits per heavy atom. The van der Waals surface area contributed by atoms with E-state index in [0.717, 1.165) is 0 Å². The van der Waals surface area contributed by atoms with Crippen LogP contribution in [-0.4, -0.2) is 19.9 Å². The summed E-state index contributed by atoms with van der Waals surface area (Å²) < 4.78 is 5.83. The molecule has 0 fully saturated rings. The summed E-state index contributed by atoms with van der Waals surface area (Å²) >= 11 is 0. The highest BCUT2D eigenvalue weighted by Crippen LogP contribution is 2.46. The standard InChI is InChI=1S/C32H8N14O/c33-7-18(28-22(9-35)41-26(13-39)42-23(28)10-36)20-3-1-15-16-2-4-21(46-31(16)32-17(5-6-47-32)30(15)45-20)19(8-34)29-24(11-37)43-27(14-40)44-25(29)12-38/h1-6,45-46H/b20-18-,21-19+. The summed E-state index contributed by atoms with van der Waals surface area (Å²) in [6, 6.07) is 16.4. The molecule has 212 valence electrons. The molecule has 2 aliphatic heterocycles. The summed E-state index contributed by atoms with van der Waals surface area (Å²) in [5, 5.41) is 84.5. The van der Waals surface area contributed by atoms with Gasteiger partial charge in [-0.1, -0.05) is 6.08 Å². The van der Waals surface area contributed by atoms with Crippen LogP contribution in [0.25, 0.3) is 34.3 Å². The minimum Gasteiger partial charge on any atom is -0.462 e. The third-order valence-electron chi connectivity index (χ3n) is 7.05. The van der Waals surface area contributed by atoms with Crippen LogP contribution in [-0.2, 0) is 0 Å². The zero-order valence-electron chi connectivity index (χ0n) is 23.2. The summed E-state index contributed by atoms with van der Waals surface area (Å²) in [6.45, 7) is 0. The maximum absolute atomic E-state index is 10.2. The Morgan fingerprint density at radius 1 is 0.553 bits per heavy atom. The number of anilines is 2. The van der Waals surface area contributed by atoms with E-state index in [1.165, 1.54) is 6.26 Å². The number of nitriles is 8. The van der Waals surface area contributed by atoms with Crippen molar-refractivity contribution < 1.29 is 4.42 Å². The lowest BCUT2D eigenvalue weighted by Gasteiger charge is -2.25. The van der Waals surface area contributed by atoms with Crippen molar-refractivity contribution in [3.63, 3.8) is 0 Å². The van der Waals surface area contributed by atoms with E-state index in [1.54, 1.807) is 42.5 Å². The first-order chi connectivity index (χ1) is 22.9. The van der Waals surface area contributed by atoms with E-state index in [9.17, 15) is 42.1 Å². The lowest BCUT2D eigenvalue weighted by atomic mass is 9.91. The molecule has 5 heterocycles. The van der Waals surface area contributed by atoms with Crippen molar-refractivity contribution in [2.75, 3.05) is 10.6 Å². The van der Waals surface area contributed by atoms with Gasteiger partial charge >= 0.3 is 0 Å². The fourth-order valence-corrected chi connectivity index (χ4v) is 5.14. The van der Waals surface area contributed by atoms with E-state index in [4.69, 9.17) is 4.42 Å². The van der Waals surface area contributed by atoms with Gasteiger partial charge in [0.25, 0.3) is 0 Å². The van der Waals surface area contributed by atoms with Crippen LogP contribution in [0.2, 0.25) is 0 Å². The van der Waals surface area contributed by atoms with Crippen molar-refractivity contribution in [3.8, 4) is 48.6 Å². The van der Waals surface area contributed by atoms with Crippen LogP contribution in [0.5, 0.6) is 0 Å². The van der Waals surface area contributed by atoms with E-state index < -0.39 is 5.82 Å². The number of furan rings is 1. The second-order valence-electron chi connectivity index (χ2n) is 9.37. The number of fused-ring (bicyclic) bond motifs is 6. The summed E-state index contributed by atoms with van der Waals surface area (Å²) in [5.74, 6) is -0.780. The number of nitrogens with zero attached hydrogens (tertiary/aromatic N) is 12. The Hall–Kier alpha value is -8.60. The van der Waals surface area contributed by atoms with Gasteiger partial charge in [-0.05, 0) is 24.3 Å². The first-order valence-electron chi connectivity index (χ1n) is 13.0. The van der Waals surface area contributed by atoms with E-state index in [2.05, 4.69) is 30.6 Å². The van der Waals surface area contributed by atoms with Gasteiger partial charge in [-0.15, -0.1) is 0 Å². The number of allylic oxidation sites excluding steroid dienone is 4. The second-order valence-corrected chi connectivity index (χ2v) is 9.37. The minimum atomic E-state index is -0.391. The molecule has 2 aliphatic rings. The van der Waals surface area contributed by atoms with Gasteiger partial charge < -0.3 is 15.1 Å². The van der Waals surface area contributed by atoms with Gasteiger partial charge in [-0.3, -0.25) is 0 Å². The molecule has 0 spiro atoms. The second kappa shape index (κ2) is 11.2. The average Bonchev–Trinajstić information content (AvgIpc) is 3.63. The van der Waals surface area contributed by atoms with Crippen molar-refractivity contribution in [2.45, 2.75) is 0 Å². The van der Waals surface area contributed by atoms with Crippen LogP contribution in [0.15, 0.2) is 40.3 Å². The molecular weight excluding hydrogens is 596 g/mol. The topological polar surface area (TPSA) is 279 Å². The number of benzene rings is 1. The van der Waals surface area contributed by atoms with Gasteiger partial charge in [-0.2, -0.15) is 42.1 Å². The molecule has 0 radical (unpaired) electrons. The fraction of sp³-hybridized carbons (Fsp3) is 0. The molecule has 0 atom stereocenters. The molecule has 2 N–H and O–H groups in total. The molecule has 0 unspecified atom stereocenters. The van der Waals surface area contributed by atoms with E-state index >= 15 is 0 Å². The molecule has 3 aromatic heterocycles. The van der Waals surface area contributed by atoms with Crippen LogP contribution in [0.3, 0.4) is 0 Å². The smallest absolute Gasteiger partial charge is 0.234 e. The molecule has 4 aromatic rings. The zero-order valence-corrected chi connectivity index (χ0v) is 23.2. The first kappa shape index (κ1) is 28.5. The van der Waals surface area contributed by atoms with Crippen LogP contribution in [0, 0.1) is 90.6 Å². The predicted molar refractivity (Wildman–Crippen MR) is 159 cm³/mol. The maximum atomic E-state index is 10.2. The number of nitrogens with one attached hydrogen (secondary N) is 2. The van der Waals surface area contributed by atoms with Gasteiger partial charge in [0.15, 0.2) is 28.4 Å². The van der Waals surface area contributed by atoms with Crippen molar-refractivity contribution in [3.05, 3.63) is 92.6 Å². The van der Waals surface area contributed by atoms with E-state index in [0.29, 0.717) is 33.5 Å². The minimum absolute atomic E-state index is 0.109. The summed E-state index contributed by atoms with van der Waals surface area (Å²) in [5.41, 5.74) is 1.21. The SMILES string of the molecule is N#C/C(=C1/C=Cc2c3c(c4ccoc4c2N1)N/C(=C(/C#N)c1c(C#N)nc(C#N)nc1C#N)C=C3)c1c(C#N)nc(C#N)nc1C#N. The Labute approximate surface area is 263 Å². The van der Waals surface area contributed by atoms with Crippen LogP contribution < -0.4 is 10.6 Å². The molecule has 15 heteroatoms. The quantitative estimate of drug-likeness (QED) is 0.306. The van der Waals surface area contributed by atoms with Gasteiger partial charge in [-0.25, -0.2) is 19.9 Å². The highest BCUT2D eigenvalue weighted by atomic mass is 16.3. The van der Waals surface area contributed by atoms with Crippen molar-refractivity contribution in [2.24, 2.45) is 0 Å². The Morgan fingerprint density at radius 2 is 0.979 bits per heavy atom. The summed E-state index contributed by atoms with van der Waals surface area (Å²) in [4.78, 5) is 15.5. The molecule has 0 aliphatic carbocycles. The third-order valence-corrected chi connectivity index (χ3v) is 7.05. The largest absolute Gasteiger partial charge is 0.462 e. The van der Waals surface area contributed by atoms with Crippen molar-refractivity contribution in [1.29, 1.82) is 42.1 Å². The fourth-order valence-electron chi connectivity index (χ4n) is 5.14. The number of aromatic nitrogens is 4. The lowest BCUT2D eigenvalue weighted by molar-refractivity contribution is 0.617. The molecule has 0 amide bonds. The first-order valence-corrected chi connectivity index (χ1v) is 13.0. The molecule has 0 saturated carbocycles. The van der Waals surface area contributed by atoms with Crippen LogP contribution in [0.4, 0.5) is 11.4 Å². The average molecular weight is 605 g/mol. The van der Waals surface area contributed by atoms with Gasteiger partial charge in [0, 0.05) is 16.5 Å². The Kier molecular flexibility index (Phi) is 6.82. The van der Waals surface area contributed by atoms with Crippen molar-refractivity contribution >= 4 is 45.6 Å². The van der Waals surface area contributed by atoms with E-state index in [1.807, 2.05) is 36.4 Å². The van der Waals surface area contributed by atoms with Gasteiger partial charge in [0.2, 0.25) is 11.6 Å². The number of hydrogen-bond donors (Lipinski definition) is 2. The summed E-state index contributed by atoms with van der Waals surface area (Å²) in [7, 11) is 0. The molecule has 15 nitrogen and oxygen atoms in total. The monoisotopic (exact) mass is 604 g/mol. The Bertz CT molecular complexity index is 2360. The molecule has 1 aromatic carbocycles. The molecule has 47 heavy (non-hydrogen) atoms. The third kappa shape index (κ3) is 4.38. The van der Waals surface area contributed by atoms with Crippen LogP contribution in [0.1, 0.15) is 56.7 Å². The van der Waals surface area contributed by atoms with Gasteiger partial charge in [0.1, 0.15) is 48.6 Å². The summed E-state index contributed by atoms with van der Waals surface area (Å²) in [6.07, 6.45) is 7.95. The van der Waals surface area contributed by atoms with E-state index in [-0.39, 0.29) is 62.3 Å². The van der Waals surface area contributed by atoms with Gasteiger partial charge in [0.05, 0.1) is 51.3 Å². The molecule has 0 bridgehead atoms.